The number of hydrogen-bond acceptors (Lipinski definition) is 3. The van der Waals surface area contributed by atoms with E-state index in [4.69, 9.17) is 4.74 Å². The van der Waals surface area contributed by atoms with Gasteiger partial charge < -0.3 is 14.2 Å². The summed E-state index contributed by atoms with van der Waals surface area (Å²) in [7, 11) is 1.88. The van der Waals surface area contributed by atoms with E-state index in [1.807, 2.05) is 41.8 Å². The Labute approximate surface area is 125 Å². The van der Waals surface area contributed by atoms with E-state index in [1.165, 1.54) is 0 Å². The Morgan fingerprint density at radius 1 is 1.43 bits per heavy atom. The van der Waals surface area contributed by atoms with Crippen LogP contribution in [0.4, 0.5) is 0 Å². The summed E-state index contributed by atoms with van der Waals surface area (Å²) in [6, 6.07) is 3.74. The average Bonchev–Trinajstić information content (AvgIpc) is 2.91. The highest BCUT2D eigenvalue weighted by Gasteiger charge is 2.25. The van der Waals surface area contributed by atoms with Crippen molar-refractivity contribution < 1.29 is 14.3 Å². The van der Waals surface area contributed by atoms with Gasteiger partial charge in [-0.25, -0.2) is 0 Å². The van der Waals surface area contributed by atoms with Crippen LogP contribution in [0.25, 0.3) is 0 Å². The molecule has 0 N–H and O–H groups in total. The first-order chi connectivity index (χ1) is 10.1. The lowest BCUT2D eigenvalue weighted by atomic mass is 9.93. The van der Waals surface area contributed by atoms with Gasteiger partial charge in [0.05, 0.1) is 6.61 Å². The first-order valence-electron chi connectivity index (χ1n) is 7.68. The Balaban J connectivity index is 1.87. The second-order valence-corrected chi connectivity index (χ2v) is 5.61. The minimum Gasteiger partial charge on any atom is -0.466 e. The lowest BCUT2D eigenvalue weighted by molar-refractivity contribution is -0.143. The number of nitrogens with zero attached hydrogens (tertiary/aromatic N) is 2. The van der Waals surface area contributed by atoms with Gasteiger partial charge in [0.15, 0.2) is 0 Å². The molecule has 0 aliphatic carbocycles. The zero-order valence-electron chi connectivity index (χ0n) is 12.9. The predicted molar refractivity (Wildman–Crippen MR) is 79.9 cm³/mol. The van der Waals surface area contributed by atoms with Gasteiger partial charge in [-0.15, -0.1) is 0 Å². The van der Waals surface area contributed by atoms with Crippen LogP contribution < -0.4 is 0 Å². The summed E-state index contributed by atoms with van der Waals surface area (Å²) in [6.07, 6.45) is 5.22. The van der Waals surface area contributed by atoms with E-state index in [1.54, 1.807) is 0 Å². The van der Waals surface area contributed by atoms with Crippen molar-refractivity contribution >= 4 is 11.9 Å². The number of likely N-dealkylation sites (tertiary alicyclic amines) is 1. The number of esters is 1. The van der Waals surface area contributed by atoms with Crippen LogP contribution >= 0.6 is 0 Å². The molecule has 0 radical (unpaired) electrons. The molecule has 5 heteroatoms. The molecule has 1 aliphatic rings. The molecular formula is C16H24N2O3. The van der Waals surface area contributed by atoms with Gasteiger partial charge >= 0.3 is 5.97 Å². The molecule has 0 spiro atoms. The number of amides is 1. The first kappa shape index (κ1) is 15.6. The standard InChI is InChI=1S/C16H24N2O3/c1-3-21-15(19)9-8-13-6-4-11-18(12-13)16(20)14-7-5-10-17(14)2/h5,7,10,13H,3-4,6,8-9,11-12H2,1-2H3/t13-/m0/s1. The normalized spacial score (nSPS) is 18.6. The summed E-state index contributed by atoms with van der Waals surface area (Å²) in [4.78, 5) is 25.8. The van der Waals surface area contributed by atoms with Gasteiger partial charge in [0.1, 0.15) is 5.69 Å². The van der Waals surface area contributed by atoms with Gasteiger partial charge in [0.25, 0.3) is 5.91 Å². The maximum Gasteiger partial charge on any atom is 0.305 e. The molecule has 1 saturated heterocycles. The molecule has 2 heterocycles. The molecule has 1 amide bonds. The minimum atomic E-state index is -0.136. The van der Waals surface area contributed by atoms with Crippen LogP contribution in [0.1, 0.15) is 43.1 Å². The maximum absolute atomic E-state index is 12.5. The molecule has 1 atom stereocenters. The van der Waals surface area contributed by atoms with E-state index >= 15 is 0 Å². The van der Waals surface area contributed by atoms with Crippen LogP contribution in [-0.2, 0) is 16.6 Å². The molecule has 1 aliphatic heterocycles. The Hall–Kier alpha value is -1.78. The number of hydrogen-bond donors (Lipinski definition) is 0. The number of rotatable bonds is 5. The highest BCUT2D eigenvalue weighted by Crippen LogP contribution is 2.22. The van der Waals surface area contributed by atoms with Crippen LogP contribution in [0.15, 0.2) is 18.3 Å². The molecule has 0 unspecified atom stereocenters. The van der Waals surface area contributed by atoms with E-state index < -0.39 is 0 Å². The summed E-state index contributed by atoms with van der Waals surface area (Å²) in [5, 5.41) is 0. The third-order valence-corrected chi connectivity index (χ3v) is 4.03. The lowest BCUT2D eigenvalue weighted by Gasteiger charge is -2.32. The van der Waals surface area contributed by atoms with Crippen molar-refractivity contribution in [1.29, 1.82) is 0 Å². The largest absolute Gasteiger partial charge is 0.466 e. The number of ether oxygens (including phenoxy) is 1. The van der Waals surface area contributed by atoms with Gasteiger partial charge in [0.2, 0.25) is 0 Å². The highest BCUT2D eigenvalue weighted by atomic mass is 16.5. The Bertz CT molecular complexity index is 495. The van der Waals surface area contributed by atoms with Gasteiger partial charge in [-0.2, -0.15) is 0 Å². The van der Waals surface area contributed by atoms with Crippen molar-refractivity contribution in [3.63, 3.8) is 0 Å². The fourth-order valence-electron chi connectivity index (χ4n) is 2.89. The van der Waals surface area contributed by atoms with Crippen LogP contribution in [0, 0.1) is 5.92 Å². The molecule has 5 nitrogen and oxygen atoms in total. The van der Waals surface area contributed by atoms with E-state index in [9.17, 15) is 9.59 Å². The van der Waals surface area contributed by atoms with Crippen LogP contribution in [-0.4, -0.2) is 41.0 Å². The first-order valence-corrected chi connectivity index (χ1v) is 7.68. The molecule has 1 aromatic heterocycles. The zero-order valence-corrected chi connectivity index (χ0v) is 12.9. The van der Waals surface area contributed by atoms with Gasteiger partial charge in [-0.3, -0.25) is 9.59 Å². The van der Waals surface area contributed by atoms with Crippen molar-refractivity contribution in [2.24, 2.45) is 13.0 Å². The maximum atomic E-state index is 12.5. The van der Waals surface area contributed by atoms with Crippen molar-refractivity contribution in [2.75, 3.05) is 19.7 Å². The predicted octanol–water partition coefficient (Wildman–Crippen LogP) is 2.22. The Morgan fingerprint density at radius 2 is 2.24 bits per heavy atom. The van der Waals surface area contributed by atoms with Gasteiger partial charge in [-0.05, 0) is 44.2 Å². The molecule has 21 heavy (non-hydrogen) atoms. The van der Waals surface area contributed by atoms with E-state index in [0.29, 0.717) is 18.9 Å². The molecule has 116 valence electrons. The van der Waals surface area contributed by atoms with Crippen molar-refractivity contribution in [3.8, 4) is 0 Å². The monoisotopic (exact) mass is 292 g/mol. The Kier molecular flexibility index (Phi) is 5.42. The fourth-order valence-corrected chi connectivity index (χ4v) is 2.89. The highest BCUT2D eigenvalue weighted by molar-refractivity contribution is 5.92. The topological polar surface area (TPSA) is 51.5 Å². The number of piperidine rings is 1. The fraction of sp³-hybridized carbons (Fsp3) is 0.625. The summed E-state index contributed by atoms with van der Waals surface area (Å²) in [5.74, 6) is 0.346. The molecule has 2 rings (SSSR count). The summed E-state index contributed by atoms with van der Waals surface area (Å²) >= 11 is 0. The quantitative estimate of drug-likeness (QED) is 0.782. The average molecular weight is 292 g/mol. The molecule has 0 bridgehead atoms. The minimum absolute atomic E-state index is 0.0864. The number of carbonyl (C=O) groups excluding carboxylic acids is 2. The van der Waals surface area contributed by atoms with Crippen LogP contribution in [0.2, 0.25) is 0 Å². The third kappa shape index (κ3) is 4.09. The molecule has 0 aromatic carbocycles. The van der Waals surface area contributed by atoms with Crippen molar-refractivity contribution in [1.82, 2.24) is 9.47 Å². The second kappa shape index (κ2) is 7.29. The summed E-state index contributed by atoms with van der Waals surface area (Å²) in [6.45, 7) is 3.80. The third-order valence-electron chi connectivity index (χ3n) is 4.03. The van der Waals surface area contributed by atoms with E-state index in [0.717, 1.165) is 38.0 Å². The number of carbonyl (C=O) groups is 2. The zero-order chi connectivity index (χ0) is 15.2. The van der Waals surface area contributed by atoms with E-state index in [2.05, 4.69) is 0 Å². The van der Waals surface area contributed by atoms with Gasteiger partial charge in [0, 0.05) is 32.8 Å². The smallest absolute Gasteiger partial charge is 0.305 e. The number of aryl methyl sites for hydroxylation is 1. The lowest BCUT2D eigenvalue weighted by Crippen LogP contribution is -2.40. The SMILES string of the molecule is CCOC(=O)CC[C@@H]1CCCN(C(=O)c2cccn2C)C1. The molecule has 1 fully saturated rings. The molecule has 1 aromatic rings. The molecular weight excluding hydrogens is 268 g/mol. The van der Waals surface area contributed by atoms with Crippen LogP contribution in [0.3, 0.4) is 0 Å². The van der Waals surface area contributed by atoms with Crippen molar-refractivity contribution in [2.45, 2.75) is 32.6 Å². The summed E-state index contributed by atoms with van der Waals surface area (Å²) < 4.78 is 6.81. The van der Waals surface area contributed by atoms with Crippen LogP contribution in [0.5, 0.6) is 0 Å². The number of aromatic nitrogens is 1. The second-order valence-electron chi connectivity index (χ2n) is 5.61. The summed E-state index contributed by atoms with van der Waals surface area (Å²) in [5.41, 5.74) is 0.723. The van der Waals surface area contributed by atoms with E-state index in [-0.39, 0.29) is 11.9 Å². The van der Waals surface area contributed by atoms with Crippen molar-refractivity contribution in [3.05, 3.63) is 24.0 Å². The molecule has 0 saturated carbocycles. The van der Waals surface area contributed by atoms with Gasteiger partial charge in [-0.1, -0.05) is 0 Å². The Morgan fingerprint density at radius 3 is 2.90 bits per heavy atom.